The molecule has 2 heterocycles. The lowest BCUT2D eigenvalue weighted by molar-refractivity contribution is 0.300. The molecule has 0 bridgehead atoms. The molecule has 0 atom stereocenters. The van der Waals surface area contributed by atoms with E-state index in [2.05, 4.69) is 38.1 Å². The van der Waals surface area contributed by atoms with Gasteiger partial charge in [0.05, 0.1) is 0 Å². The average molecular weight is 272 g/mol. The van der Waals surface area contributed by atoms with Gasteiger partial charge in [-0.25, -0.2) is 4.98 Å². The van der Waals surface area contributed by atoms with Crippen molar-refractivity contribution in [3.05, 3.63) is 18.7 Å². The highest BCUT2D eigenvalue weighted by Crippen LogP contribution is 2.11. The summed E-state index contributed by atoms with van der Waals surface area (Å²) < 4.78 is 7.11. The van der Waals surface area contributed by atoms with E-state index in [1.165, 1.54) is 0 Å². The Hall–Kier alpha value is -2.62. The van der Waals surface area contributed by atoms with Gasteiger partial charge in [-0.15, -0.1) is 12.3 Å². The Morgan fingerprint density at radius 1 is 1.40 bits per heavy atom. The molecular formula is C13H16N6O. The van der Waals surface area contributed by atoms with Gasteiger partial charge >= 0.3 is 6.01 Å². The highest BCUT2D eigenvalue weighted by atomic mass is 16.5. The standard InChI is InChI=1S/C13H16N6O/c1-3-5-9-20-13-17-11(15-6-4-2)16-12(18-13)19-8-7-14-10-19/h1,7-8,10H,4-6,9H2,2H3,(H,15,16,17,18). The molecule has 0 radical (unpaired) electrons. The molecule has 0 fully saturated rings. The summed E-state index contributed by atoms with van der Waals surface area (Å²) in [4.78, 5) is 16.7. The largest absolute Gasteiger partial charge is 0.462 e. The van der Waals surface area contributed by atoms with Gasteiger partial charge in [-0.2, -0.15) is 15.0 Å². The number of rotatable bonds is 7. The summed E-state index contributed by atoms with van der Waals surface area (Å²) in [5.74, 6) is 3.43. The van der Waals surface area contributed by atoms with E-state index in [0.717, 1.165) is 13.0 Å². The molecule has 0 spiro atoms. The zero-order chi connectivity index (χ0) is 14.2. The van der Waals surface area contributed by atoms with Crippen LogP contribution < -0.4 is 10.1 Å². The second-order valence-electron chi connectivity index (χ2n) is 3.94. The van der Waals surface area contributed by atoms with Crippen molar-refractivity contribution >= 4 is 5.95 Å². The molecule has 0 aliphatic rings. The predicted molar refractivity (Wildman–Crippen MR) is 74.7 cm³/mol. The van der Waals surface area contributed by atoms with E-state index >= 15 is 0 Å². The van der Waals surface area contributed by atoms with Crippen LogP contribution in [-0.4, -0.2) is 37.7 Å². The lowest BCUT2D eigenvalue weighted by atomic mass is 10.5. The lowest BCUT2D eigenvalue weighted by Gasteiger charge is -2.08. The molecule has 1 N–H and O–H groups in total. The van der Waals surface area contributed by atoms with E-state index in [9.17, 15) is 0 Å². The third kappa shape index (κ3) is 3.68. The first-order valence-electron chi connectivity index (χ1n) is 6.38. The Kier molecular flexibility index (Phi) is 4.89. The minimum atomic E-state index is 0.248. The smallest absolute Gasteiger partial charge is 0.323 e. The first-order chi connectivity index (χ1) is 9.83. The SMILES string of the molecule is C#CCCOc1nc(NCCC)nc(-n2ccnc2)n1. The zero-order valence-corrected chi connectivity index (χ0v) is 11.3. The van der Waals surface area contributed by atoms with E-state index in [1.54, 1.807) is 23.3 Å². The van der Waals surface area contributed by atoms with Crippen molar-refractivity contribution in [2.24, 2.45) is 0 Å². The molecule has 2 aromatic heterocycles. The van der Waals surface area contributed by atoms with Crippen molar-refractivity contribution in [1.29, 1.82) is 0 Å². The number of nitrogens with one attached hydrogen (secondary N) is 1. The summed E-state index contributed by atoms with van der Waals surface area (Å²) in [6.45, 7) is 3.21. The second kappa shape index (κ2) is 7.09. The first kappa shape index (κ1) is 13.8. The number of terminal acetylenes is 1. The minimum Gasteiger partial charge on any atom is -0.462 e. The normalized spacial score (nSPS) is 10.0. The first-order valence-corrected chi connectivity index (χ1v) is 6.38. The van der Waals surface area contributed by atoms with E-state index in [-0.39, 0.29) is 6.01 Å². The van der Waals surface area contributed by atoms with Gasteiger partial charge in [-0.1, -0.05) is 6.92 Å². The summed E-state index contributed by atoms with van der Waals surface area (Å²) >= 11 is 0. The van der Waals surface area contributed by atoms with Gasteiger partial charge in [-0.3, -0.25) is 4.57 Å². The van der Waals surface area contributed by atoms with E-state index in [4.69, 9.17) is 11.2 Å². The number of anilines is 1. The quantitative estimate of drug-likeness (QED) is 0.604. The van der Waals surface area contributed by atoms with Crippen LogP contribution in [0.5, 0.6) is 6.01 Å². The Balaban J connectivity index is 2.22. The lowest BCUT2D eigenvalue weighted by Crippen LogP contribution is -2.11. The van der Waals surface area contributed by atoms with E-state index < -0.39 is 0 Å². The summed E-state index contributed by atoms with van der Waals surface area (Å²) in [6.07, 6.45) is 11.7. The topological polar surface area (TPSA) is 77.8 Å². The van der Waals surface area contributed by atoms with Gasteiger partial charge in [-0.05, 0) is 6.42 Å². The van der Waals surface area contributed by atoms with Crippen LogP contribution in [0.3, 0.4) is 0 Å². The summed E-state index contributed by atoms with van der Waals surface area (Å²) in [5.41, 5.74) is 0. The molecule has 0 saturated heterocycles. The molecule has 7 nitrogen and oxygen atoms in total. The number of imidazole rings is 1. The van der Waals surface area contributed by atoms with Crippen molar-refractivity contribution in [2.75, 3.05) is 18.5 Å². The number of ether oxygens (including phenoxy) is 1. The van der Waals surface area contributed by atoms with Gasteiger partial charge in [0, 0.05) is 25.4 Å². The molecule has 0 unspecified atom stereocenters. The Bertz CT molecular complexity index is 575. The second-order valence-corrected chi connectivity index (χ2v) is 3.94. The number of hydrogen-bond donors (Lipinski definition) is 1. The van der Waals surface area contributed by atoms with Gasteiger partial charge in [0.25, 0.3) is 0 Å². The molecule has 0 amide bonds. The van der Waals surface area contributed by atoms with E-state index in [0.29, 0.717) is 24.9 Å². The molecule has 104 valence electrons. The van der Waals surface area contributed by atoms with Crippen LogP contribution in [0.1, 0.15) is 19.8 Å². The molecule has 0 aromatic carbocycles. The van der Waals surface area contributed by atoms with Crippen LogP contribution in [0.15, 0.2) is 18.7 Å². The third-order valence-electron chi connectivity index (χ3n) is 2.35. The van der Waals surface area contributed by atoms with Gasteiger partial charge in [0.1, 0.15) is 12.9 Å². The molecule has 7 heteroatoms. The fourth-order valence-electron chi connectivity index (χ4n) is 1.42. The molecule has 0 aliphatic heterocycles. The predicted octanol–water partition coefficient (Wildman–Crippen LogP) is 1.28. The van der Waals surface area contributed by atoms with Crippen molar-refractivity contribution < 1.29 is 4.74 Å². The van der Waals surface area contributed by atoms with Gasteiger partial charge in [0.15, 0.2) is 0 Å². The fourth-order valence-corrected chi connectivity index (χ4v) is 1.42. The number of nitrogens with zero attached hydrogens (tertiary/aromatic N) is 5. The molecule has 20 heavy (non-hydrogen) atoms. The van der Waals surface area contributed by atoms with Crippen LogP contribution in [0.25, 0.3) is 5.95 Å². The van der Waals surface area contributed by atoms with Crippen molar-refractivity contribution in [2.45, 2.75) is 19.8 Å². The maximum absolute atomic E-state index is 5.43. The van der Waals surface area contributed by atoms with Crippen molar-refractivity contribution in [3.8, 4) is 24.3 Å². The van der Waals surface area contributed by atoms with E-state index in [1.807, 2.05) is 0 Å². The van der Waals surface area contributed by atoms with Gasteiger partial charge < -0.3 is 10.1 Å². The minimum absolute atomic E-state index is 0.248. The summed E-state index contributed by atoms with van der Waals surface area (Å²) in [7, 11) is 0. The maximum atomic E-state index is 5.43. The fraction of sp³-hybridized carbons (Fsp3) is 0.385. The number of aromatic nitrogens is 5. The Labute approximate surface area is 117 Å². The average Bonchev–Trinajstić information content (AvgIpc) is 2.99. The van der Waals surface area contributed by atoms with Crippen LogP contribution in [0.4, 0.5) is 5.95 Å². The Morgan fingerprint density at radius 3 is 3.00 bits per heavy atom. The van der Waals surface area contributed by atoms with Crippen LogP contribution in [-0.2, 0) is 0 Å². The van der Waals surface area contributed by atoms with Crippen LogP contribution in [0, 0.1) is 12.3 Å². The summed E-state index contributed by atoms with van der Waals surface area (Å²) in [6, 6.07) is 0.248. The van der Waals surface area contributed by atoms with Crippen LogP contribution >= 0.6 is 0 Å². The monoisotopic (exact) mass is 272 g/mol. The van der Waals surface area contributed by atoms with Crippen molar-refractivity contribution in [3.63, 3.8) is 0 Å². The molecule has 2 aromatic rings. The molecule has 0 aliphatic carbocycles. The zero-order valence-electron chi connectivity index (χ0n) is 11.3. The van der Waals surface area contributed by atoms with Gasteiger partial charge in [0.2, 0.25) is 11.9 Å². The Morgan fingerprint density at radius 2 is 2.30 bits per heavy atom. The summed E-state index contributed by atoms with van der Waals surface area (Å²) in [5, 5.41) is 3.11. The molecule has 0 saturated carbocycles. The number of hydrogen-bond acceptors (Lipinski definition) is 6. The molecular weight excluding hydrogens is 256 g/mol. The maximum Gasteiger partial charge on any atom is 0.323 e. The third-order valence-corrected chi connectivity index (χ3v) is 2.35. The molecule has 2 rings (SSSR count). The highest BCUT2D eigenvalue weighted by Gasteiger charge is 2.08. The highest BCUT2D eigenvalue weighted by molar-refractivity contribution is 5.30. The van der Waals surface area contributed by atoms with Crippen LogP contribution in [0.2, 0.25) is 0 Å². The van der Waals surface area contributed by atoms with Crippen molar-refractivity contribution in [1.82, 2.24) is 24.5 Å².